The Morgan fingerprint density at radius 3 is 2.03 bits per heavy atom. The molecule has 2 fully saturated rings. The summed E-state index contributed by atoms with van der Waals surface area (Å²) in [6.45, 7) is 1.42. The number of phenolic OH excluding ortho intramolecular Hbond substituents is 1. The highest BCUT2D eigenvalue weighted by Crippen LogP contribution is 2.28. The highest BCUT2D eigenvalue weighted by Gasteiger charge is 2.18. The Labute approximate surface area is 176 Å². The van der Waals surface area contributed by atoms with Gasteiger partial charge in [-0.1, -0.05) is 12.1 Å². The smallest absolute Gasteiger partial charge is 0.199 e. The number of carbonyl (C=O) groups excluding carboxylic acids is 1. The van der Waals surface area contributed by atoms with Crippen LogP contribution in [-0.2, 0) is 15.9 Å². The minimum atomic E-state index is -0.292. The molecule has 0 amide bonds. The monoisotopic (exact) mass is 412 g/mol. The number of aromatic hydroxyl groups is 1. The van der Waals surface area contributed by atoms with Crippen LogP contribution in [0.5, 0.6) is 17.2 Å². The van der Waals surface area contributed by atoms with Crippen LogP contribution in [-0.4, -0.2) is 36.7 Å². The van der Waals surface area contributed by atoms with E-state index in [1.165, 1.54) is 6.07 Å². The van der Waals surface area contributed by atoms with Crippen molar-refractivity contribution < 1.29 is 28.8 Å². The quantitative estimate of drug-likeness (QED) is 0.669. The molecule has 0 radical (unpaired) electrons. The van der Waals surface area contributed by atoms with Crippen LogP contribution in [0.3, 0.4) is 0 Å². The normalized spacial score (nSPS) is 21.7. The van der Waals surface area contributed by atoms with E-state index >= 15 is 0 Å². The Kier molecular flexibility index (Phi) is 6.87. The van der Waals surface area contributed by atoms with E-state index in [1.54, 1.807) is 12.1 Å². The van der Waals surface area contributed by atoms with Crippen molar-refractivity contribution in [1.82, 2.24) is 0 Å². The second-order valence-corrected chi connectivity index (χ2v) is 7.75. The van der Waals surface area contributed by atoms with E-state index in [-0.39, 0.29) is 36.1 Å². The molecule has 1 N–H and O–H groups in total. The maximum absolute atomic E-state index is 12.7. The number of carbonyl (C=O) groups is 1. The molecular formula is C24H28O6. The second kappa shape index (κ2) is 9.96. The number of phenols is 1. The Bertz CT molecular complexity index is 835. The minimum Gasteiger partial charge on any atom is -0.507 e. The third kappa shape index (κ3) is 5.52. The van der Waals surface area contributed by atoms with Gasteiger partial charge in [0.05, 0.1) is 18.8 Å². The Morgan fingerprint density at radius 2 is 1.47 bits per heavy atom. The molecule has 6 heteroatoms. The number of hydrogen-bond acceptors (Lipinski definition) is 6. The van der Waals surface area contributed by atoms with Crippen LogP contribution >= 0.6 is 0 Å². The van der Waals surface area contributed by atoms with Crippen LogP contribution in [0.1, 0.15) is 54.4 Å². The highest BCUT2D eigenvalue weighted by molar-refractivity contribution is 6.00. The Morgan fingerprint density at radius 1 is 0.867 bits per heavy atom. The molecular weight excluding hydrogens is 384 g/mol. The number of benzene rings is 2. The molecule has 2 aliphatic rings. The first-order valence-corrected chi connectivity index (χ1v) is 10.7. The minimum absolute atomic E-state index is 0.0808. The maximum Gasteiger partial charge on any atom is 0.199 e. The summed E-state index contributed by atoms with van der Waals surface area (Å²) in [6.07, 6.45) is 5.72. The van der Waals surface area contributed by atoms with Crippen molar-refractivity contribution in [1.29, 1.82) is 0 Å². The van der Waals surface area contributed by atoms with Gasteiger partial charge in [-0.25, -0.2) is 0 Å². The fraction of sp³-hybridized carbons (Fsp3) is 0.458. The van der Waals surface area contributed by atoms with Gasteiger partial charge in [-0.3, -0.25) is 4.79 Å². The summed E-state index contributed by atoms with van der Waals surface area (Å²) in [5.41, 5.74) is 1.13. The van der Waals surface area contributed by atoms with Gasteiger partial charge in [0.2, 0.25) is 0 Å². The van der Waals surface area contributed by atoms with Gasteiger partial charge >= 0.3 is 0 Å². The zero-order chi connectivity index (χ0) is 20.8. The van der Waals surface area contributed by atoms with Crippen LogP contribution in [0.4, 0.5) is 0 Å². The highest BCUT2D eigenvalue weighted by atomic mass is 16.7. The van der Waals surface area contributed by atoms with E-state index in [9.17, 15) is 9.90 Å². The van der Waals surface area contributed by atoms with Crippen molar-refractivity contribution in [2.24, 2.45) is 0 Å². The van der Waals surface area contributed by atoms with Gasteiger partial charge in [-0.05, 0) is 55.5 Å². The van der Waals surface area contributed by atoms with Gasteiger partial charge < -0.3 is 24.1 Å². The van der Waals surface area contributed by atoms with Gasteiger partial charge in [0.25, 0.3) is 0 Å². The predicted octanol–water partition coefficient (Wildman–Crippen LogP) is 4.63. The van der Waals surface area contributed by atoms with Crippen LogP contribution in [0.15, 0.2) is 42.5 Å². The summed E-state index contributed by atoms with van der Waals surface area (Å²) in [6, 6.07) is 12.2. The van der Waals surface area contributed by atoms with E-state index < -0.39 is 0 Å². The van der Waals surface area contributed by atoms with Gasteiger partial charge in [-0.2, -0.15) is 0 Å². The lowest BCUT2D eigenvalue weighted by molar-refractivity contribution is -0.106. The lowest BCUT2D eigenvalue weighted by atomic mass is 10.0. The van der Waals surface area contributed by atoms with Crippen LogP contribution in [0.2, 0.25) is 0 Å². The molecule has 30 heavy (non-hydrogen) atoms. The third-order valence-electron chi connectivity index (χ3n) is 5.37. The van der Waals surface area contributed by atoms with Crippen molar-refractivity contribution in [3.05, 3.63) is 53.6 Å². The van der Waals surface area contributed by atoms with Crippen molar-refractivity contribution in [3.8, 4) is 17.2 Å². The van der Waals surface area contributed by atoms with Gasteiger partial charge in [0, 0.05) is 25.3 Å². The van der Waals surface area contributed by atoms with Gasteiger partial charge in [0.15, 0.2) is 18.4 Å². The molecule has 0 aromatic heterocycles. The molecule has 2 heterocycles. The lowest BCUT2D eigenvalue weighted by Crippen LogP contribution is -2.25. The molecule has 2 aromatic carbocycles. The summed E-state index contributed by atoms with van der Waals surface area (Å²) in [5.74, 6) is 0.995. The zero-order valence-corrected chi connectivity index (χ0v) is 17.0. The topological polar surface area (TPSA) is 74.2 Å². The molecule has 2 unspecified atom stereocenters. The average molecular weight is 412 g/mol. The first-order valence-electron chi connectivity index (χ1n) is 10.7. The van der Waals surface area contributed by atoms with E-state index in [0.717, 1.165) is 56.4 Å². The Hall–Kier alpha value is -2.57. The van der Waals surface area contributed by atoms with Crippen molar-refractivity contribution >= 4 is 5.78 Å². The van der Waals surface area contributed by atoms with Crippen molar-refractivity contribution in [3.63, 3.8) is 0 Å². The van der Waals surface area contributed by atoms with Crippen molar-refractivity contribution in [2.75, 3.05) is 13.2 Å². The fourth-order valence-corrected chi connectivity index (χ4v) is 3.70. The Balaban J connectivity index is 1.33. The number of hydrogen-bond donors (Lipinski definition) is 1. The maximum atomic E-state index is 12.7. The number of rotatable bonds is 7. The molecule has 160 valence electrons. The molecule has 2 saturated heterocycles. The summed E-state index contributed by atoms with van der Waals surface area (Å²) in [4.78, 5) is 12.7. The predicted molar refractivity (Wildman–Crippen MR) is 111 cm³/mol. The number of ketones is 1. The van der Waals surface area contributed by atoms with Crippen LogP contribution < -0.4 is 9.47 Å². The number of Topliss-reactive ketones (excluding diaryl/α,β-unsaturated/α-hetero) is 1. The van der Waals surface area contributed by atoms with E-state index in [0.29, 0.717) is 12.4 Å². The standard InChI is InChI=1S/C24H28O6/c25-21(15-17-7-9-18(10-8-17)29-23-5-1-3-13-27-23)20-12-11-19(16-22(20)26)30-24-6-2-4-14-28-24/h7-12,16,23-24,26H,1-6,13-15H2. The van der Waals surface area contributed by atoms with E-state index in [4.69, 9.17) is 18.9 Å². The fourth-order valence-electron chi connectivity index (χ4n) is 3.70. The molecule has 0 bridgehead atoms. The summed E-state index contributed by atoms with van der Waals surface area (Å²) < 4.78 is 22.7. The van der Waals surface area contributed by atoms with Gasteiger partial charge in [-0.15, -0.1) is 0 Å². The van der Waals surface area contributed by atoms with Crippen LogP contribution in [0.25, 0.3) is 0 Å². The van der Waals surface area contributed by atoms with E-state index in [1.807, 2.05) is 24.3 Å². The first-order chi connectivity index (χ1) is 14.7. The SMILES string of the molecule is O=C(Cc1ccc(OC2CCCCO2)cc1)c1ccc(OC2CCCCO2)cc1O. The molecule has 4 rings (SSSR count). The zero-order valence-electron chi connectivity index (χ0n) is 17.0. The average Bonchev–Trinajstić information content (AvgIpc) is 2.76. The van der Waals surface area contributed by atoms with Crippen LogP contribution in [0, 0.1) is 0 Å². The molecule has 0 saturated carbocycles. The summed E-state index contributed by atoms with van der Waals surface area (Å²) >= 11 is 0. The molecule has 0 aliphatic carbocycles. The van der Waals surface area contributed by atoms with E-state index in [2.05, 4.69) is 0 Å². The first kappa shape index (κ1) is 20.7. The largest absolute Gasteiger partial charge is 0.507 e. The summed E-state index contributed by atoms with van der Waals surface area (Å²) in [5, 5.41) is 10.3. The second-order valence-electron chi connectivity index (χ2n) is 7.75. The lowest BCUT2D eigenvalue weighted by Gasteiger charge is -2.23. The van der Waals surface area contributed by atoms with Crippen molar-refractivity contribution in [2.45, 2.75) is 57.5 Å². The molecule has 6 nitrogen and oxygen atoms in total. The third-order valence-corrected chi connectivity index (χ3v) is 5.37. The van der Waals surface area contributed by atoms with Gasteiger partial charge in [0.1, 0.15) is 17.2 Å². The summed E-state index contributed by atoms with van der Waals surface area (Å²) in [7, 11) is 0. The molecule has 2 atom stereocenters. The molecule has 2 aliphatic heterocycles. The molecule has 2 aromatic rings. The molecule has 0 spiro atoms. The number of ether oxygens (including phenoxy) is 4.